The molecular weight excluding hydrogens is 198 g/mol. The smallest absolute Gasteiger partial charge is 0.0853 e. The predicted molar refractivity (Wildman–Crippen MR) is 67.3 cm³/mol. The van der Waals surface area contributed by atoms with Crippen molar-refractivity contribution in [2.24, 2.45) is 5.10 Å². The van der Waals surface area contributed by atoms with E-state index in [-0.39, 0.29) is 0 Å². The molecule has 0 spiro atoms. The van der Waals surface area contributed by atoms with Crippen molar-refractivity contribution in [3.8, 4) is 0 Å². The number of anilines is 1. The molecule has 3 heteroatoms. The van der Waals surface area contributed by atoms with E-state index in [1.165, 1.54) is 24.1 Å². The number of para-hydroxylation sites is 1. The van der Waals surface area contributed by atoms with Gasteiger partial charge in [-0.1, -0.05) is 24.3 Å². The first-order valence-electron chi connectivity index (χ1n) is 5.80. The molecule has 3 nitrogen and oxygen atoms in total. The second-order valence-corrected chi connectivity index (χ2v) is 4.13. The summed E-state index contributed by atoms with van der Waals surface area (Å²) in [5, 5.41) is 8.85. The molecule has 16 heavy (non-hydrogen) atoms. The van der Waals surface area contributed by atoms with E-state index >= 15 is 0 Å². The van der Waals surface area contributed by atoms with Gasteiger partial charge in [0, 0.05) is 24.9 Å². The SMILES string of the molecule is C1=Cc2ccccc2N(N2CCCC2)N=C1. The molecular formula is C13H15N3. The minimum Gasteiger partial charge on any atom is -0.200 e. The third kappa shape index (κ3) is 1.63. The molecule has 0 N–H and O–H groups in total. The molecule has 1 saturated heterocycles. The number of allylic oxidation sites excluding steroid dienone is 1. The van der Waals surface area contributed by atoms with Crippen LogP contribution in [0.15, 0.2) is 35.4 Å². The molecule has 0 unspecified atom stereocenters. The van der Waals surface area contributed by atoms with Crippen LogP contribution in [-0.4, -0.2) is 24.3 Å². The highest BCUT2D eigenvalue weighted by molar-refractivity contribution is 5.84. The molecule has 2 aliphatic rings. The van der Waals surface area contributed by atoms with Gasteiger partial charge in [0.25, 0.3) is 0 Å². The Hall–Kier alpha value is -1.61. The van der Waals surface area contributed by atoms with Crippen molar-refractivity contribution in [3.63, 3.8) is 0 Å². The fourth-order valence-electron chi connectivity index (χ4n) is 2.24. The number of hydrazone groups is 1. The Morgan fingerprint density at radius 1 is 1.06 bits per heavy atom. The van der Waals surface area contributed by atoms with Crippen molar-refractivity contribution >= 4 is 18.0 Å². The zero-order chi connectivity index (χ0) is 10.8. The van der Waals surface area contributed by atoms with Crippen LogP contribution >= 0.6 is 0 Å². The van der Waals surface area contributed by atoms with Crippen LogP contribution in [-0.2, 0) is 0 Å². The van der Waals surface area contributed by atoms with E-state index < -0.39 is 0 Å². The van der Waals surface area contributed by atoms with Gasteiger partial charge < -0.3 is 0 Å². The van der Waals surface area contributed by atoms with Crippen LogP contribution in [0.4, 0.5) is 5.69 Å². The van der Waals surface area contributed by atoms with E-state index in [0.717, 1.165) is 13.1 Å². The Balaban J connectivity index is 2.00. The number of fused-ring (bicyclic) bond motifs is 1. The van der Waals surface area contributed by atoms with Crippen molar-refractivity contribution in [1.29, 1.82) is 0 Å². The maximum absolute atomic E-state index is 4.49. The number of hydrogen-bond acceptors (Lipinski definition) is 3. The van der Waals surface area contributed by atoms with Crippen molar-refractivity contribution in [2.45, 2.75) is 12.8 Å². The Kier molecular flexibility index (Phi) is 2.46. The molecule has 0 atom stereocenters. The van der Waals surface area contributed by atoms with E-state index in [2.05, 4.69) is 40.5 Å². The molecule has 0 saturated carbocycles. The van der Waals surface area contributed by atoms with Gasteiger partial charge in [0.05, 0.1) is 5.69 Å². The van der Waals surface area contributed by atoms with Gasteiger partial charge in [0.2, 0.25) is 0 Å². The van der Waals surface area contributed by atoms with Gasteiger partial charge in [0.15, 0.2) is 0 Å². The summed E-state index contributed by atoms with van der Waals surface area (Å²) in [5.41, 5.74) is 2.40. The van der Waals surface area contributed by atoms with Crippen LogP contribution in [0.5, 0.6) is 0 Å². The summed E-state index contributed by atoms with van der Waals surface area (Å²) in [6.07, 6.45) is 8.49. The molecule has 0 aromatic heterocycles. The summed E-state index contributed by atoms with van der Waals surface area (Å²) in [6, 6.07) is 8.39. The highest BCUT2D eigenvalue weighted by Crippen LogP contribution is 2.26. The molecule has 0 bridgehead atoms. The summed E-state index contributed by atoms with van der Waals surface area (Å²) in [5.74, 6) is 0. The first kappa shape index (κ1) is 9.60. The van der Waals surface area contributed by atoms with Gasteiger partial charge in [-0.2, -0.15) is 15.2 Å². The van der Waals surface area contributed by atoms with Crippen molar-refractivity contribution in [3.05, 3.63) is 35.9 Å². The summed E-state index contributed by atoms with van der Waals surface area (Å²) in [7, 11) is 0. The lowest BCUT2D eigenvalue weighted by molar-refractivity contribution is 0.313. The zero-order valence-electron chi connectivity index (χ0n) is 9.21. The molecule has 2 aliphatic heterocycles. The number of nitrogens with zero attached hydrogens (tertiary/aromatic N) is 3. The Bertz CT molecular complexity index is 431. The second-order valence-electron chi connectivity index (χ2n) is 4.13. The molecule has 1 fully saturated rings. The molecule has 0 amide bonds. The highest BCUT2D eigenvalue weighted by atomic mass is 15.8. The number of hydrazine groups is 1. The molecule has 1 aromatic rings. The maximum atomic E-state index is 4.49. The third-order valence-corrected chi connectivity index (χ3v) is 3.04. The summed E-state index contributed by atoms with van der Waals surface area (Å²) < 4.78 is 0. The zero-order valence-corrected chi connectivity index (χ0v) is 9.21. The normalized spacial score (nSPS) is 19.9. The molecule has 1 aromatic carbocycles. The van der Waals surface area contributed by atoms with Crippen molar-refractivity contribution < 1.29 is 0 Å². The van der Waals surface area contributed by atoms with E-state index in [9.17, 15) is 0 Å². The summed E-state index contributed by atoms with van der Waals surface area (Å²) in [4.78, 5) is 0. The van der Waals surface area contributed by atoms with E-state index in [1.807, 2.05) is 17.4 Å². The molecule has 2 heterocycles. The minimum atomic E-state index is 1.10. The average molecular weight is 213 g/mol. The quantitative estimate of drug-likeness (QED) is 0.713. The Morgan fingerprint density at radius 2 is 1.88 bits per heavy atom. The highest BCUT2D eigenvalue weighted by Gasteiger charge is 2.21. The third-order valence-electron chi connectivity index (χ3n) is 3.04. The van der Waals surface area contributed by atoms with E-state index in [4.69, 9.17) is 0 Å². The van der Waals surface area contributed by atoms with Crippen LogP contribution in [0.25, 0.3) is 6.08 Å². The second kappa shape index (κ2) is 4.10. The van der Waals surface area contributed by atoms with Crippen LogP contribution < -0.4 is 5.12 Å². The van der Waals surface area contributed by atoms with Crippen LogP contribution in [0.3, 0.4) is 0 Å². The fourth-order valence-corrected chi connectivity index (χ4v) is 2.24. The Morgan fingerprint density at radius 3 is 2.75 bits per heavy atom. The maximum Gasteiger partial charge on any atom is 0.0853 e. The van der Waals surface area contributed by atoms with Gasteiger partial charge in [-0.15, -0.1) is 0 Å². The van der Waals surface area contributed by atoms with Crippen LogP contribution in [0.1, 0.15) is 18.4 Å². The topological polar surface area (TPSA) is 18.8 Å². The molecule has 82 valence electrons. The van der Waals surface area contributed by atoms with Gasteiger partial charge >= 0.3 is 0 Å². The van der Waals surface area contributed by atoms with Crippen LogP contribution in [0.2, 0.25) is 0 Å². The van der Waals surface area contributed by atoms with E-state index in [0.29, 0.717) is 0 Å². The first-order chi connectivity index (χ1) is 7.95. The van der Waals surface area contributed by atoms with Gasteiger partial charge in [-0.05, 0) is 25.0 Å². The number of benzene rings is 1. The summed E-state index contributed by atoms with van der Waals surface area (Å²) in [6.45, 7) is 2.21. The average Bonchev–Trinajstić information content (AvgIpc) is 2.76. The van der Waals surface area contributed by atoms with Gasteiger partial charge in [0.1, 0.15) is 0 Å². The van der Waals surface area contributed by atoms with Crippen molar-refractivity contribution in [1.82, 2.24) is 5.01 Å². The van der Waals surface area contributed by atoms with Crippen molar-refractivity contribution in [2.75, 3.05) is 18.2 Å². The monoisotopic (exact) mass is 213 g/mol. The van der Waals surface area contributed by atoms with Gasteiger partial charge in [-0.25, -0.2) is 0 Å². The fraction of sp³-hybridized carbons (Fsp3) is 0.308. The molecule has 0 radical (unpaired) electrons. The van der Waals surface area contributed by atoms with E-state index in [1.54, 1.807) is 0 Å². The first-order valence-corrected chi connectivity index (χ1v) is 5.80. The van der Waals surface area contributed by atoms with Gasteiger partial charge in [-0.3, -0.25) is 0 Å². The number of hydrogen-bond donors (Lipinski definition) is 0. The van der Waals surface area contributed by atoms with Crippen LogP contribution in [0, 0.1) is 0 Å². The lowest BCUT2D eigenvalue weighted by Crippen LogP contribution is -2.36. The largest absolute Gasteiger partial charge is 0.200 e. The Labute approximate surface area is 95.6 Å². The predicted octanol–water partition coefficient (Wildman–Crippen LogP) is 2.52. The summed E-state index contributed by atoms with van der Waals surface area (Å²) >= 11 is 0. The lowest BCUT2D eigenvalue weighted by atomic mass is 10.1. The minimum absolute atomic E-state index is 1.10. The number of rotatable bonds is 1. The standard InChI is InChI=1S/C13H15N3/c1-2-8-13-12(6-1)7-5-9-14-16(13)15-10-3-4-11-15/h1-2,5-9H,3-4,10-11H2. The molecule has 3 rings (SSSR count). The lowest BCUT2D eigenvalue weighted by Gasteiger charge is -2.29. The molecule has 0 aliphatic carbocycles.